The van der Waals surface area contributed by atoms with E-state index in [0.29, 0.717) is 12.2 Å². The minimum Gasteiger partial charge on any atom is -0.483 e. The molecule has 1 aromatic carbocycles. The second kappa shape index (κ2) is 6.41. The lowest BCUT2D eigenvalue weighted by molar-refractivity contribution is -0.153. The zero-order valence-corrected chi connectivity index (χ0v) is 11.3. The van der Waals surface area contributed by atoms with Crippen LogP contribution in [0.5, 0.6) is 5.75 Å². The highest BCUT2D eigenvalue weighted by Crippen LogP contribution is 2.25. The number of nitriles is 1. The van der Waals surface area contributed by atoms with Gasteiger partial charge in [0.25, 0.3) is 0 Å². The highest BCUT2D eigenvalue weighted by molar-refractivity contribution is 7.03. The molecule has 0 radical (unpaired) electrons. The van der Waals surface area contributed by atoms with Gasteiger partial charge in [0.05, 0.1) is 17.8 Å². The minimum atomic E-state index is -4.44. The lowest BCUT2D eigenvalue weighted by Gasteiger charge is -2.11. The van der Waals surface area contributed by atoms with Crippen LogP contribution in [0.2, 0.25) is 0 Å². The molecule has 0 saturated carbocycles. The molecule has 21 heavy (non-hydrogen) atoms. The van der Waals surface area contributed by atoms with E-state index in [0.717, 1.165) is 5.69 Å². The number of alkyl halides is 3. The fourth-order valence-electron chi connectivity index (χ4n) is 1.47. The van der Waals surface area contributed by atoms with Crippen LogP contribution < -0.4 is 10.1 Å². The number of anilines is 1. The van der Waals surface area contributed by atoms with Gasteiger partial charge in [-0.15, -0.1) is 5.10 Å². The lowest BCUT2D eigenvalue weighted by Crippen LogP contribution is -2.19. The average molecular weight is 314 g/mol. The lowest BCUT2D eigenvalue weighted by atomic mass is 10.2. The van der Waals surface area contributed by atoms with E-state index in [2.05, 4.69) is 19.6 Å². The van der Waals surface area contributed by atoms with Gasteiger partial charge in [0.15, 0.2) is 6.61 Å². The van der Waals surface area contributed by atoms with Crippen LogP contribution in [0.4, 0.5) is 18.9 Å². The molecule has 0 fully saturated rings. The zero-order valence-electron chi connectivity index (χ0n) is 10.5. The third-order valence-electron chi connectivity index (χ3n) is 2.37. The smallest absolute Gasteiger partial charge is 0.422 e. The number of aromatic nitrogens is 2. The Labute approximate surface area is 122 Å². The predicted molar refractivity (Wildman–Crippen MR) is 69.9 cm³/mol. The number of halogens is 3. The standard InChI is InChI=1S/C12H9F3N4OS/c13-12(14,15)7-20-11-2-1-9(3-8(11)4-16)17-5-10-6-21-19-18-10/h1-3,6,17H,5,7H2. The fourth-order valence-corrected chi connectivity index (χ4v) is 1.92. The maximum Gasteiger partial charge on any atom is 0.422 e. The van der Waals surface area contributed by atoms with Gasteiger partial charge in [-0.1, -0.05) is 4.49 Å². The van der Waals surface area contributed by atoms with Gasteiger partial charge in [0.1, 0.15) is 11.8 Å². The van der Waals surface area contributed by atoms with Crippen molar-refractivity contribution in [2.45, 2.75) is 12.7 Å². The van der Waals surface area contributed by atoms with E-state index in [1.807, 2.05) is 6.07 Å². The first-order valence-corrected chi connectivity index (χ1v) is 6.55. The van der Waals surface area contributed by atoms with Gasteiger partial charge >= 0.3 is 6.18 Å². The number of hydrogen-bond donors (Lipinski definition) is 1. The molecular weight excluding hydrogens is 305 g/mol. The monoisotopic (exact) mass is 314 g/mol. The molecule has 0 unspecified atom stereocenters. The molecule has 1 aromatic heterocycles. The molecule has 0 spiro atoms. The van der Waals surface area contributed by atoms with Gasteiger partial charge in [0.2, 0.25) is 0 Å². The van der Waals surface area contributed by atoms with E-state index < -0.39 is 12.8 Å². The summed E-state index contributed by atoms with van der Waals surface area (Å²) in [7, 11) is 0. The van der Waals surface area contributed by atoms with Gasteiger partial charge in [0, 0.05) is 11.1 Å². The van der Waals surface area contributed by atoms with Crippen molar-refractivity contribution in [3.05, 3.63) is 34.8 Å². The molecule has 0 saturated heterocycles. The van der Waals surface area contributed by atoms with Gasteiger partial charge in [-0.25, -0.2) is 0 Å². The quantitative estimate of drug-likeness (QED) is 0.918. The van der Waals surface area contributed by atoms with Crippen LogP contribution in [0, 0.1) is 11.3 Å². The summed E-state index contributed by atoms with van der Waals surface area (Å²) >= 11 is 1.21. The number of hydrogen-bond acceptors (Lipinski definition) is 6. The zero-order chi connectivity index (χ0) is 15.3. The van der Waals surface area contributed by atoms with Crippen LogP contribution in [0.15, 0.2) is 23.6 Å². The Morgan fingerprint density at radius 2 is 2.19 bits per heavy atom. The van der Waals surface area contributed by atoms with Crippen LogP contribution in [0.1, 0.15) is 11.3 Å². The summed E-state index contributed by atoms with van der Waals surface area (Å²) in [6, 6.07) is 6.09. The molecule has 5 nitrogen and oxygen atoms in total. The molecule has 0 aliphatic heterocycles. The summed E-state index contributed by atoms with van der Waals surface area (Å²) in [5.41, 5.74) is 1.34. The van der Waals surface area contributed by atoms with Crippen LogP contribution in [0.3, 0.4) is 0 Å². The maximum atomic E-state index is 12.1. The van der Waals surface area contributed by atoms with E-state index in [1.54, 1.807) is 5.38 Å². The molecule has 0 amide bonds. The third kappa shape index (κ3) is 4.61. The second-order valence-electron chi connectivity index (χ2n) is 3.98. The van der Waals surface area contributed by atoms with Gasteiger partial charge in [-0.3, -0.25) is 0 Å². The predicted octanol–water partition coefficient (Wildman–Crippen LogP) is 2.96. The Kier molecular flexibility index (Phi) is 4.59. The number of benzene rings is 1. The van der Waals surface area contributed by atoms with Crippen molar-refractivity contribution < 1.29 is 17.9 Å². The Morgan fingerprint density at radius 3 is 2.81 bits per heavy atom. The molecule has 0 atom stereocenters. The first-order chi connectivity index (χ1) is 9.98. The summed E-state index contributed by atoms with van der Waals surface area (Å²) in [5.74, 6) is -0.101. The van der Waals surface area contributed by atoms with Gasteiger partial charge in [-0.05, 0) is 29.7 Å². The molecule has 2 aromatic rings. The van der Waals surface area contributed by atoms with Crippen molar-refractivity contribution in [1.82, 2.24) is 9.59 Å². The molecule has 1 heterocycles. The highest BCUT2D eigenvalue weighted by atomic mass is 32.1. The SMILES string of the molecule is N#Cc1cc(NCc2csnn2)ccc1OCC(F)(F)F. The van der Waals surface area contributed by atoms with Crippen LogP contribution in [0.25, 0.3) is 0 Å². The summed E-state index contributed by atoms with van der Waals surface area (Å²) in [6.07, 6.45) is -4.44. The molecule has 110 valence electrons. The molecule has 0 bridgehead atoms. The summed E-state index contributed by atoms with van der Waals surface area (Å²) < 4.78 is 44.6. The maximum absolute atomic E-state index is 12.1. The Bertz CT molecular complexity index is 637. The van der Waals surface area contributed by atoms with Crippen molar-refractivity contribution in [2.75, 3.05) is 11.9 Å². The fraction of sp³-hybridized carbons (Fsp3) is 0.250. The number of nitrogens with zero attached hydrogens (tertiary/aromatic N) is 3. The molecule has 0 aliphatic rings. The van der Waals surface area contributed by atoms with Gasteiger partial charge < -0.3 is 10.1 Å². The van der Waals surface area contributed by atoms with Crippen molar-refractivity contribution in [2.24, 2.45) is 0 Å². The molecule has 0 aliphatic carbocycles. The van der Waals surface area contributed by atoms with E-state index >= 15 is 0 Å². The Hall–Kier alpha value is -2.34. The molecule has 9 heteroatoms. The highest BCUT2D eigenvalue weighted by Gasteiger charge is 2.28. The molecule has 1 N–H and O–H groups in total. The number of ether oxygens (including phenoxy) is 1. The topological polar surface area (TPSA) is 70.8 Å². The molecule has 2 rings (SSSR count). The largest absolute Gasteiger partial charge is 0.483 e. The van der Waals surface area contributed by atoms with Crippen LogP contribution in [-0.2, 0) is 6.54 Å². The van der Waals surface area contributed by atoms with E-state index in [1.165, 1.54) is 29.7 Å². The first-order valence-electron chi connectivity index (χ1n) is 5.71. The van der Waals surface area contributed by atoms with Crippen molar-refractivity contribution in [3.63, 3.8) is 0 Å². The summed E-state index contributed by atoms with van der Waals surface area (Å²) in [6.45, 7) is -1.02. The summed E-state index contributed by atoms with van der Waals surface area (Å²) in [4.78, 5) is 0. The van der Waals surface area contributed by atoms with Crippen molar-refractivity contribution in [3.8, 4) is 11.8 Å². The van der Waals surface area contributed by atoms with E-state index in [-0.39, 0.29) is 11.3 Å². The number of rotatable bonds is 5. The van der Waals surface area contributed by atoms with E-state index in [4.69, 9.17) is 5.26 Å². The van der Waals surface area contributed by atoms with Gasteiger partial charge in [-0.2, -0.15) is 18.4 Å². The second-order valence-corrected chi connectivity index (χ2v) is 4.59. The Balaban J connectivity index is 2.04. The van der Waals surface area contributed by atoms with Crippen molar-refractivity contribution >= 4 is 17.2 Å². The van der Waals surface area contributed by atoms with Crippen molar-refractivity contribution in [1.29, 1.82) is 5.26 Å². The first kappa shape index (κ1) is 15.1. The molecular formula is C12H9F3N4OS. The number of nitrogens with one attached hydrogen (secondary N) is 1. The minimum absolute atomic E-state index is 0.0284. The summed E-state index contributed by atoms with van der Waals surface area (Å²) in [5, 5.41) is 17.6. The Morgan fingerprint density at radius 1 is 1.38 bits per heavy atom. The van der Waals surface area contributed by atoms with Crippen LogP contribution >= 0.6 is 11.5 Å². The normalized spacial score (nSPS) is 11.0. The third-order valence-corrected chi connectivity index (χ3v) is 2.92. The van der Waals surface area contributed by atoms with Crippen LogP contribution in [-0.4, -0.2) is 22.4 Å². The van der Waals surface area contributed by atoms with E-state index in [9.17, 15) is 13.2 Å². The average Bonchev–Trinajstić information content (AvgIpc) is 2.95.